The Labute approximate surface area is 176 Å². The van der Waals surface area contributed by atoms with Crippen molar-refractivity contribution in [2.75, 3.05) is 13.4 Å². The molecule has 148 valence electrons. The van der Waals surface area contributed by atoms with Crippen molar-refractivity contribution >= 4 is 28.8 Å². The van der Waals surface area contributed by atoms with Gasteiger partial charge in [-0.25, -0.2) is 4.99 Å². The summed E-state index contributed by atoms with van der Waals surface area (Å²) < 4.78 is 7.69. The van der Waals surface area contributed by atoms with Crippen molar-refractivity contribution in [3.05, 3.63) is 58.7 Å². The smallest absolute Gasteiger partial charge is 0.190 e. The van der Waals surface area contributed by atoms with Crippen LogP contribution in [0.3, 0.4) is 0 Å². The molecule has 0 saturated carbocycles. The molecule has 0 radical (unpaired) electrons. The number of unbranched alkanes of at least 4 members (excludes halogenated alkanes) is 3. The molecule has 0 saturated heterocycles. The Morgan fingerprint density at radius 3 is 2.54 bits per heavy atom. The van der Waals surface area contributed by atoms with E-state index in [9.17, 15) is 0 Å². The second-order valence-corrected chi connectivity index (χ2v) is 8.31. The number of ether oxygens (including phenoxy) is 1. The van der Waals surface area contributed by atoms with Gasteiger partial charge in [0.1, 0.15) is 5.75 Å². The summed E-state index contributed by atoms with van der Waals surface area (Å²) in [6.45, 7) is 3.24. The normalized spacial score (nSPS) is 11.8. The fraction of sp³-hybridized carbons (Fsp3) is 0.348. The SMILES string of the molecule is CCCCCCn1c(-c2ccc(OC)cc2)csc1=Nc1ccccc1SC. The minimum absolute atomic E-state index is 0.882. The zero-order valence-corrected chi connectivity index (χ0v) is 18.5. The highest BCUT2D eigenvalue weighted by molar-refractivity contribution is 7.98. The predicted molar refractivity (Wildman–Crippen MR) is 122 cm³/mol. The fourth-order valence-electron chi connectivity index (χ4n) is 3.15. The molecule has 0 N–H and O–H groups in total. The number of thioether (sulfide) groups is 1. The van der Waals surface area contributed by atoms with Crippen LogP contribution in [-0.4, -0.2) is 17.9 Å². The van der Waals surface area contributed by atoms with E-state index in [2.05, 4.69) is 59.5 Å². The highest BCUT2D eigenvalue weighted by atomic mass is 32.2. The van der Waals surface area contributed by atoms with E-state index >= 15 is 0 Å². The van der Waals surface area contributed by atoms with E-state index in [0.717, 1.165) is 22.8 Å². The molecule has 0 amide bonds. The largest absolute Gasteiger partial charge is 0.497 e. The molecular formula is C23H28N2OS2. The van der Waals surface area contributed by atoms with Crippen LogP contribution in [0.5, 0.6) is 5.75 Å². The van der Waals surface area contributed by atoms with Gasteiger partial charge in [-0.05, 0) is 54.6 Å². The summed E-state index contributed by atoms with van der Waals surface area (Å²) in [6.07, 6.45) is 7.06. The van der Waals surface area contributed by atoms with Gasteiger partial charge in [0.2, 0.25) is 0 Å². The zero-order chi connectivity index (χ0) is 19.8. The van der Waals surface area contributed by atoms with Crippen molar-refractivity contribution in [2.24, 2.45) is 4.99 Å². The zero-order valence-electron chi connectivity index (χ0n) is 16.9. The van der Waals surface area contributed by atoms with Gasteiger partial charge >= 0.3 is 0 Å². The summed E-state index contributed by atoms with van der Waals surface area (Å²) >= 11 is 3.45. The number of benzene rings is 2. The predicted octanol–water partition coefficient (Wildman–Crippen LogP) is 6.76. The van der Waals surface area contributed by atoms with Crippen molar-refractivity contribution < 1.29 is 4.74 Å². The van der Waals surface area contributed by atoms with Crippen LogP contribution in [-0.2, 0) is 6.54 Å². The minimum Gasteiger partial charge on any atom is -0.497 e. The Balaban J connectivity index is 2.01. The van der Waals surface area contributed by atoms with Gasteiger partial charge in [-0.15, -0.1) is 23.1 Å². The maximum atomic E-state index is 5.31. The molecule has 0 fully saturated rings. The van der Waals surface area contributed by atoms with Crippen molar-refractivity contribution in [1.29, 1.82) is 0 Å². The molecule has 0 unspecified atom stereocenters. The van der Waals surface area contributed by atoms with Crippen LogP contribution >= 0.6 is 23.1 Å². The van der Waals surface area contributed by atoms with Gasteiger partial charge in [0, 0.05) is 16.8 Å². The molecule has 0 aliphatic carbocycles. The lowest BCUT2D eigenvalue weighted by atomic mass is 10.1. The van der Waals surface area contributed by atoms with Gasteiger partial charge in [0.25, 0.3) is 0 Å². The van der Waals surface area contributed by atoms with Crippen molar-refractivity contribution in [1.82, 2.24) is 4.57 Å². The third kappa shape index (κ3) is 5.09. The Bertz CT molecular complexity index is 942. The van der Waals surface area contributed by atoms with Gasteiger partial charge in [0.15, 0.2) is 4.80 Å². The number of methoxy groups -OCH3 is 1. The molecule has 2 aromatic carbocycles. The number of para-hydroxylation sites is 1. The molecule has 0 aliphatic rings. The van der Waals surface area contributed by atoms with Crippen molar-refractivity contribution in [3.63, 3.8) is 0 Å². The van der Waals surface area contributed by atoms with E-state index in [1.54, 1.807) is 30.2 Å². The highest BCUT2D eigenvalue weighted by Gasteiger charge is 2.09. The molecule has 5 heteroatoms. The molecule has 0 atom stereocenters. The van der Waals surface area contributed by atoms with E-state index in [1.807, 2.05) is 12.1 Å². The fourth-order valence-corrected chi connectivity index (χ4v) is 4.63. The highest BCUT2D eigenvalue weighted by Crippen LogP contribution is 2.28. The summed E-state index contributed by atoms with van der Waals surface area (Å²) in [4.78, 5) is 7.29. The van der Waals surface area contributed by atoms with E-state index in [1.165, 1.54) is 41.8 Å². The summed E-state index contributed by atoms with van der Waals surface area (Å²) in [7, 11) is 1.70. The number of aromatic nitrogens is 1. The van der Waals surface area contributed by atoms with Crippen LogP contribution in [0.2, 0.25) is 0 Å². The first-order valence-electron chi connectivity index (χ1n) is 9.77. The number of nitrogens with zero attached hydrogens (tertiary/aromatic N) is 2. The molecule has 1 heterocycles. The Hall–Kier alpha value is -1.98. The third-order valence-electron chi connectivity index (χ3n) is 4.72. The monoisotopic (exact) mass is 412 g/mol. The van der Waals surface area contributed by atoms with Crippen molar-refractivity contribution in [2.45, 2.75) is 44.0 Å². The molecule has 1 aromatic heterocycles. The van der Waals surface area contributed by atoms with Crippen LogP contribution in [0.15, 0.2) is 63.8 Å². The van der Waals surface area contributed by atoms with Crippen LogP contribution in [0.25, 0.3) is 11.3 Å². The van der Waals surface area contributed by atoms with E-state index in [0.29, 0.717) is 0 Å². The Morgan fingerprint density at radius 1 is 1.04 bits per heavy atom. The Morgan fingerprint density at radius 2 is 1.82 bits per heavy atom. The van der Waals surface area contributed by atoms with E-state index in [-0.39, 0.29) is 0 Å². The average Bonchev–Trinajstić information content (AvgIpc) is 3.14. The summed E-state index contributed by atoms with van der Waals surface area (Å²) in [5, 5.41) is 2.22. The molecular weight excluding hydrogens is 384 g/mol. The molecule has 0 aliphatic heterocycles. The first kappa shape index (κ1) is 20.7. The summed E-state index contributed by atoms with van der Waals surface area (Å²) in [5.41, 5.74) is 3.47. The maximum Gasteiger partial charge on any atom is 0.190 e. The number of thiazole rings is 1. The number of hydrogen-bond acceptors (Lipinski definition) is 4. The lowest BCUT2D eigenvalue weighted by Crippen LogP contribution is -2.16. The molecule has 0 bridgehead atoms. The topological polar surface area (TPSA) is 26.5 Å². The van der Waals surface area contributed by atoms with Crippen LogP contribution in [0.4, 0.5) is 5.69 Å². The third-order valence-corrected chi connectivity index (χ3v) is 6.37. The first-order valence-corrected chi connectivity index (χ1v) is 11.9. The van der Waals surface area contributed by atoms with Gasteiger partial charge in [-0.2, -0.15) is 0 Å². The second-order valence-electron chi connectivity index (χ2n) is 6.63. The second kappa shape index (κ2) is 10.5. The average molecular weight is 413 g/mol. The molecule has 0 spiro atoms. The quantitative estimate of drug-likeness (QED) is 0.287. The van der Waals surface area contributed by atoms with Gasteiger partial charge in [-0.3, -0.25) is 0 Å². The molecule has 3 rings (SSSR count). The lowest BCUT2D eigenvalue weighted by molar-refractivity contribution is 0.415. The molecule has 3 aromatic rings. The maximum absolute atomic E-state index is 5.31. The number of hydrogen-bond donors (Lipinski definition) is 0. The number of rotatable bonds is 9. The van der Waals surface area contributed by atoms with Crippen LogP contribution in [0, 0.1) is 0 Å². The summed E-state index contributed by atoms with van der Waals surface area (Å²) in [5.74, 6) is 0.882. The lowest BCUT2D eigenvalue weighted by Gasteiger charge is -2.10. The van der Waals surface area contributed by atoms with Gasteiger partial charge in [-0.1, -0.05) is 38.3 Å². The molecule has 3 nitrogen and oxygen atoms in total. The van der Waals surface area contributed by atoms with Gasteiger partial charge in [0.05, 0.1) is 18.5 Å². The van der Waals surface area contributed by atoms with Crippen LogP contribution in [0.1, 0.15) is 32.6 Å². The Kier molecular flexibility index (Phi) is 7.80. The van der Waals surface area contributed by atoms with Crippen molar-refractivity contribution in [3.8, 4) is 17.0 Å². The van der Waals surface area contributed by atoms with E-state index < -0.39 is 0 Å². The minimum atomic E-state index is 0.882. The summed E-state index contributed by atoms with van der Waals surface area (Å²) in [6, 6.07) is 16.7. The molecule has 28 heavy (non-hydrogen) atoms. The van der Waals surface area contributed by atoms with Crippen LogP contribution < -0.4 is 9.54 Å². The first-order chi connectivity index (χ1) is 13.8. The van der Waals surface area contributed by atoms with E-state index in [4.69, 9.17) is 9.73 Å². The standard InChI is InChI=1S/C23H28N2OS2/c1-4-5-6-9-16-25-21(18-12-14-19(26-2)15-13-18)17-28-23(25)24-20-10-7-8-11-22(20)27-3/h7-8,10-15,17H,4-6,9,16H2,1-3H3. The van der Waals surface area contributed by atoms with Gasteiger partial charge < -0.3 is 9.30 Å².